The normalized spacial score (nSPS) is 20.1. The molecule has 7 nitrogen and oxygen atoms in total. The highest BCUT2D eigenvalue weighted by Crippen LogP contribution is 2.26. The van der Waals surface area contributed by atoms with Crippen LogP contribution in [-0.2, 0) is 14.3 Å². The Morgan fingerprint density at radius 3 is 2.42 bits per heavy atom. The van der Waals surface area contributed by atoms with Crippen molar-refractivity contribution in [1.82, 2.24) is 10.2 Å². The average molecular weight is 448 g/mol. The predicted octanol–water partition coefficient (Wildman–Crippen LogP) is 2.73. The maximum atomic E-state index is 13.0. The molecular weight excluding hydrogens is 418 g/mol. The molecule has 1 amide bonds. The molecule has 1 N–H and O–H groups in total. The molecule has 4 rings (SSSR count). The summed E-state index contributed by atoms with van der Waals surface area (Å²) >= 11 is 0. The molecule has 172 valence electrons. The van der Waals surface area contributed by atoms with Gasteiger partial charge in [0.1, 0.15) is 0 Å². The lowest BCUT2D eigenvalue weighted by Gasteiger charge is -2.36. The van der Waals surface area contributed by atoms with E-state index in [0.29, 0.717) is 38.3 Å². The quantitative estimate of drug-likeness (QED) is 0.542. The number of piperazine rings is 1. The molecule has 2 aromatic carbocycles. The van der Waals surface area contributed by atoms with Gasteiger partial charge in [0.25, 0.3) is 5.91 Å². The van der Waals surface area contributed by atoms with E-state index in [2.05, 4.69) is 10.2 Å². The molecule has 2 unspecified atom stereocenters. The Bertz CT molecular complexity index is 1060. The number of nitrogens with one attached hydrogen (secondary N) is 1. The number of benzene rings is 2. The molecule has 0 bridgehead atoms. The van der Waals surface area contributed by atoms with Crippen LogP contribution in [0.5, 0.6) is 0 Å². The van der Waals surface area contributed by atoms with E-state index in [4.69, 9.17) is 4.74 Å². The Balaban J connectivity index is 1.38. The number of rotatable bonds is 6. The third kappa shape index (κ3) is 4.92. The molecule has 2 aliphatic heterocycles. The summed E-state index contributed by atoms with van der Waals surface area (Å²) in [5.74, 6) is -1.63. The summed E-state index contributed by atoms with van der Waals surface area (Å²) in [5.41, 5.74) is 3.31. The predicted molar refractivity (Wildman–Crippen MR) is 127 cm³/mol. The zero-order chi connectivity index (χ0) is 23.4. The van der Waals surface area contributed by atoms with Gasteiger partial charge in [0.2, 0.25) is 5.78 Å². The smallest absolute Gasteiger partial charge is 0.338 e. The lowest BCUT2D eigenvalue weighted by Crippen LogP contribution is -2.52. The van der Waals surface area contributed by atoms with Crippen LogP contribution in [0.3, 0.4) is 0 Å². The number of amides is 1. The van der Waals surface area contributed by atoms with Crippen LogP contribution in [-0.4, -0.2) is 61.4 Å². The van der Waals surface area contributed by atoms with Gasteiger partial charge in [0, 0.05) is 43.6 Å². The second kappa shape index (κ2) is 9.90. The molecule has 2 heterocycles. The molecule has 2 aliphatic rings. The van der Waals surface area contributed by atoms with Gasteiger partial charge in [0.15, 0.2) is 0 Å². The topological polar surface area (TPSA) is 79.0 Å². The van der Waals surface area contributed by atoms with Gasteiger partial charge in [-0.2, -0.15) is 0 Å². The van der Waals surface area contributed by atoms with Crippen LogP contribution < -0.4 is 10.2 Å². The molecule has 0 saturated carbocycles. The molecule has 0 radical (unpaired) electrons. The minimum Gasteiger partial charge on any atom is -0.462 e. The number of ketones is 1. The molecule has 0 aliphatic carbocycles. The van der Waals surface area contributed by atoms with E-state index < -0.39 is 11.8 Å². The van der Waals surface area contributed by atoms with Crippen LogP contribution >= 0.6 is 0 Å². The fourth-order valence-electron chi connectivity index (χ4n) is 4.32. The number of ether oxygens (including phenoxy) is 1. The van der Waals surface area contributed by atoms with Gasteiger partial charge in [-0.1, -0.05) is 36.4 Å². The zero-order valence-corrected chi connectivity index (χ0v) is 19.0. The van der Waals surface area contributed by atoms with E-state index in [0.717, 1.165) is 16.9 Å². The van der Waals surface area contributed by atoms with Gasteiger partial charge in [-0.15, -0.1) is 0 Å². The Morgan fingerprint density at radius 2 is 1.73 bits per heavy atom. The average Bonchev–Trinajstić information content (AvgIpc) is 3.25. The first kappa shape index (κ1) is 22.6. The Kier molecular flexibility index (Phi) is 6.77. The first-order valence-electron chi connectivity index (χ1n) is 11.4. The Morgan fingerprint density at radius 1 is 1.00 bits per heavy atom. The number of carbonyl (C=O) groups is 3. The molecule has 1 saturated heterocycles. The summed E-state index contributed by atoms with van der Waals surface area (Å²) in [6.45, 7) is 6.13. The van der Waals surface area contributed by atoms with Gasteiger partial charge in [-0.25, -0.2) is 4.79 Å². The standard InChI is InChI=1S/C26H29N3O4/c1-3-33-26(32)20-10-7-11-21(16-20)28-12-14-29(15-13-28)25(31)24(30)22-17-23(27-18(22)2)19-8-5-4-6-9-19/h4-11,16-18,22,27H,3,12-15H2,1-2H3. The lowest BCUT2D eigenvalue weighted by atomic mass is 9.97. The fraction of sp³-hybridized carbons (Fsp3) is 0.346. The summed E-state index contributed by atoms with van der Waals surface area (Å²) < 4.78 is 5.08. The third-order valence-electron chi connectivity index (χ3n) is 6.16. The van der Waals surface area contributed by atoms with Crippen molar-refractivity contribution in [2.24, 2.45) is 5.92 Å². The van der Waals surface area contributed by atoms with Crippen LogP contribution in [0.4, 0.5) is 5.69 Å². The highest BCUT2D eigenvalue weighted by molar-refractivity contribution is 6.37. The molecule has 0 spiro atoms. The fourth-order valence-corrected chi connectivity index (χ4v) is 4.32. The monoisotopic (exact) mass is 447 g/mol. The van der Waals surface area contributed by atoms with E-state index >= 15 is 0 Å². The molecule has 33 heavy (non-hydrogen) atoms. The lowest BCUT2D eigenvalue weighted by molar-refractivity contribution is -0.146. The van der Waals surface area contributed by atoms with Crippen molar-refractivity contribution in [2.75, 3.05) is 37.7 Å². The second-order valence-electron chi connectivity index (χ2n) is 8.32. The molecule has 0 aromatic heterocycles. The molecule has 1 fully saturated rings. The van der Waals surface area contributed by atoms with E-state index in [9.17, 15) is 14.4 Å². The largest absolute Gasteiger partial charge is 0.462 e. The first-order chi connectivity index (χ1) is 16.0. The van der Waals surface area contributed by atoms with Crippen LogP contribution in [0.25, 0.3) is 5.70 Å². The van der Waals surface area contributed by atoms with Crippen molar-refractivity contribution < 1.29 is 19.1 Å². The molecule has 2 aromatic rings. The Hall–Kier alpha value is -3.61. The second-order valence-corrected chi connectivity index (χ2v) is 8.32. The number of hydrogen-bond acceptors (Lipinski definition) is 6. The summed E-state index contributed by atoms with van der Waals surface area (Å²) in [7, 11) is 0. The maximum absolute atomic E-state index is 13.0. The zero-order valence-electron chi connectivity index (χ0n) is 19.0. The van der Waals surface area contributed by atoms with Crippen molar-refractivity contribution in [3.05, 3.63) is 71.8 Å². The minimum absolute atomic E-state index is 0.136. The van der Waals surface area contributed by atoms with Gasteiger partial charge < -0.3 is 19.9 Å². The van der Waals surface area contributed by atoms with Gasteiger partial charge in [-0.05, 0) is 43.7 Å². The number of Topliss-reactive ketones (excluding diaryl/α,β-unsaturated/α-hetero) is 1. The molecular formula is C26H29N3O4. The summed E-state index contributed by atoms with van der Waals surface area (Å²) in [6, 6.07) is 17.0. The highest BCUT2D eigenvalue weighted by Gasteiger charge is 2.36. The van der Waals surface area contributed by atoms with Crippen molar-refractivity contribution in [1.29, 1.82) is 0 Å². The molecule has 2 atom stereocenters. The SMILES string of the molecule is CCOC(=O)c1cccc(N2CCN(C(=O)C(=O)C3C=C(c4ccccc4)NC3C)CC2)c1. The number of anilines is 1. The summed E-state index contributed by atoms with van der Waals surface area (Å²) in [5, 5.41) is 3.33. The minimum atomic E-state index is -0.480. The number of nitrogens with zero attached hydrogens (tertiary/aromatic N) is 2. The van der Waals surface area contributed by atoms with E-state index in [1.54, 1.807) is 17.9 Å². The molecule has 7 heteroatoms. The van der Waals surface area contributed by atoms with E-state index in [1.165, 1.54) is 0 Å². The van der Waals surface area contributed by atoms with Crippen molar-refractivity contribution >= 4 is 29.0 Å². The number of esters is 1. The number of hydrogen-bond donors (Lipinski definition) is 1. The van der Waals surface area contributed by atoms with Crippen LogP contribution in [0.15, 0.2) is 60.7 Å². The third-order valence-corrected chi connectivity index (χ3v) is 6.16. The van der Waals surface area contributed by atoms with Gasteiger partial charge in [-0.3, -0.25) is 9.59 Å². The van der Waals surface area contributed by atoms with Gasteiger partial charge in [0.05, 0.1) is 18.1 Å². The van der Waals surface area contributed by atoms with E-state index in [-0.39, 0.29) is 17.8 Å². The van der Waals surface area contributed by atoms with Crippen molar-refractivity contribution in [3.63, 3.8) is 0 Å². The van der Waals surface area contributed by atoms with E-state index in [1.807, 2.05) is 61.5 Å². The van der Waals surface area contributed by atoms with Crippen LogP contribution in [0.1, 0.15) is 29.8 Å². The Labute approximate surface area is 194 Å². The van der Waals surface area contributed by atoms with Crippen LogP contribution in [0, 0.1) is 5.92 Å². The van der Waals surface area contributed by atoms with Gasteiger partial charge >= 0.3 is 5.97 Å². The highest BCUT2D eigenvalue weighted by atomic mass is 16.5. The summed E-state index contributed by atoms with van der Waals surface area (Å²) in [6.07, 6.45) is 1.87. The first-order valence-corrected chi connectivity index (χ1v) is 11.4. The van der Waals surface area contributed by atoms with Crippen molar-refractivity contribution in [2.45, 2.75) is 19.9 Å². The summed E-state index contributed by atoms with van der Waals surface area (Å²) in [4.78, 5) is 41.8. The number of carbonyl (C=O) groups excluding carboxylic acids is 3. The van der Waals surface area contributed by atoms with Crippen molar-refractivity contribution in [3.8, 4) is 0 Å². The maximum Gasteiger partial charge on any atom is 0.338 e. The van der Waals surface area contributed by atoms with Crippen LogP contribution in [0.2, 0.25) is 0 Å².